The average Bonchev–Trinajstić information content (AvgIpc) is 2.54. The number of oxazole rings is 1. The van der Waals surface area contributed by atoms with E-state index in [0.717, 1.165) is 30.7 Å². The van der Waals surface area contributed by atoms with Crippen molar-refractivity contribution in [3.05, 3.63) is 17.8 Å². The highest BCUT2D eigenvalue weighted by atomic mass is 16.3. The zero-order chi connectivity index (χ0) is 9.52. The third-order valence-electron chi connectivity index (χ3n) is 2.17. The van der Waals surface area contributed by atoms with E-state index < -0.39 is 0 Å². The van der Waals surface area contributed by atoms with Crippen LogP contribution in [0.15, 0.2) is 4.42 Å². The lowest BCUT2D eigenvalue weighted by atomic mass is 10.1. The first-order valence-corrected chi connectivity index (χ1v) is 5.23. The molecule has 0 amide bonds. The first-order valence-electron chi connectivity index (χ1n) is 5.23. The number of aryl methyl sites for hydroxylation is 2. The Labute approximate surface area is 80.4 Å². The van der Waals surface area contributed by atoms with E-state index in [-0.39, 0.29) is 0 Å². The molecule has 0 saturated carbocycles. The lowest BCUT2D eigenvalue weighted by Crippen LogP contribution is -1.91. The minimum atomic E-state index is 1.02. The number of nitrogens with zero attached hydrogens (tertiary/aromatic N) is 1. The maximum absolute atomic E-state index is 5.23. The lowest BCUT2D eigenvalue weighted by Gasteiger charge is -1.98. The summed E-state index contributed by atoms with van der Waals surface area (Å²) in [5, 5.41) is 0. The van der Waals surface area contributed by atoms with Gasteiger partial charge in [0.05, 0.1) is 5.69 Å². The summed E-state index contributed by atoms with van der Waals surface area (Å²) in [7, 11) is 0. The maximum Gasteiger partial charge on any atom is 0.284 e. The summed E-state index contributed by atoms with van der Waals surface area (Å²) in [6.07, 6.45) is 9.49. The Kier molecular flexibility index (Phi) is 4.58. The largest absolute Gasteiger partial charge is 0.437 e. The molecular formula is C11H18NO. The highest BCUT2D eigenvalue weighted by molar-refractivity contribution is 5.06. The molecule has 0 aliphatic carbocycles. The molecule has 0 aliphatic rings. The standard InChI is InChI=1S/C11H18NO/c1-3-5-6-8-11-10(7-4-2)12-9-13-11/h3-8H2,1-2H3. The molecule has 2 nitrogen and oxygen atoms in total. The van der Waals surface area contributed by atoms with Gasteiger partial charge in [-0.05, 0) is 12.8 Å². The molecule has 1 aromatic heterocycles. The fourth-order valence-corrected chi connectivity index (χ4v) is 1.42. The van der Waals surface area contributed by atoms with Crippen molar-refractivity contribution in [1.82, 2.24) is 4.98 Å². The Balaban J connectivity index is 2.40. The molecule has 0 atom stereocenters. The van der Waals surface area contributed by atoms with Gasteiger partial charge in [0.2, 0.25) is 0 Å². The van der Waals surface area contributed by atoms with Crippen LogP contribution in [-0.4, -0.2) is 4.98 Å². The SMILES string of the molecule is CCCCCc1o[c]nc1CCC. The molecule has 0 aromatic carbocycles. The Bertz CT molecular complexity index is 230. The van der Waals surface area contributed by atoms with Gasteiger partial charge >= 0.3 is 0 Å². The number of aromatic nitrogens is 1. The van der Waals surface area contributed by atoms with E-state index in [1.54, 1.807) is 0 Å². The van der Waals surface area contributed by atoms with Gasteiger partial charge in [-0.3, -0.25) is 0 Å². The molecule has 1 rings (SSSR count). The van der Waals surface area contributed by atoms with Gasteiger partial charge in [0.1, 0.15) is 5.76 Å². The zero-order valence-corrected chi connectivity index (χ0v) is 8.60. The number of hydrogen-bond acceptors (Lipinski definition) is 2. The van der Waals surface area contributed by atoms with Crippen LogP contribution in [0.1, 0.15) is 51.0 Å². The third kappa shape index (κ3) is 3.21. The monoisotopic (exact) mass is 180 g/mol. The van der Waals surface area contributed by atoms with Crippen molar-refractivity contribution in [1.29, 1.82) is 0 Å². The molecule has 1 radical (unpaired) electrons. The Morgan fingerprint density at radius 3 is 2.69 bits per heavy atom. The molecule has 1 aromatic rings. The molecule has 2 heteroatoms. The van der Waals surface area contributed by atoms with Crippen molar-refractivity contribution in [3.63, 3.8) is 0 Å². The van der Waals surface area contributed by atoms with Crippen LogP contribution in [0.5, 0.6) is 0 Å². The average molecular weight is 180 g/mol. The van der Waals surface area contributed by atoms with Crippen LogP contribution in [0.3, 0.4) is 0 Å². The molecule has 13 heavy (non-hydrogen) atoms. The van der Waals surface area contributed by atoms with E-state index in [1.807, 2.05) is 0 Å². The number of unbranched alkanes of at least 4 members (excludes halogenated alkanes) is 2. The molecule has 0 saturated heterocycles. The van der Waals surface area contributed by atoms with Crippen molar-refractivity contribution in [2.75, 3.05) is 0 Å². The predicted molar refractivity (Wildman–Crippen MR) is 52.6 cm³/mol. The fraction of sp³-hybridized carbons (Fsp3) is 0.727. The second-order valence-corrected chi connectivity index (χ2v) is 3.38. The van der Waals surface area contributed by atoms with Crippen molar-refractivity contribution < 1.29 is 4.42 Å². The molecule has 1 heterocycles. The molecule has 0 unspecified atom stereocenters. The van der Waals surface area contributed by atoms with Crippen molar-refractivity contribution in [2.45, 2.75) is 52.4 Å². The van der Waals surface area contributed by atoms with E-state index in [2.05, 4.69) is 25.2 Å². The molecular weight excluding hydrogens is 162 g/mol. The smallest absolute Gasteiger partial charge is 0.284 e. The first-order chi connectivity index (χ1) is 6.38. The van der Waals surface area contributed by atoms with Gasteiger partial charge in [-0.25, -0.2) is 4.98 Å². The summed E-state index contributed by atoms with van der Waals surface area (Å²) in [6.45, 7) is 4.37. The summed E-state index contributed by atoms with van der Waals surface area (Å²) in [6, 6.07) is 0. The molecule has 0 fully saturated rings. The van der Waals surface area contributed by atoms with Crippen molar-refractivity contribution in [2.24, 2.45) is 0 Å². The van der Waals surface area contributed by atoms with Gasteiger partial charge in [-0.15, -0.1) is 0 Å². The van der Waals surface area contributed by atoms with E-state index >= 15 is 0 Å². The molecule has 0 aliphatic heterocycles. The van der Waals surface area contributed by atoms with Crippen LogP contribution in [0.2, 0.25) is 0 Å². The Morgan fingerprint density at radius 1 is 1.15 bits per heavy atom. The van der Waals surface area contributed by atoms with Gasteiger partial charge in [0.15, 0.2) is 0 Å². The van der Waals surface area contributed by atoms with Crippen LogP contribution in [0.25, 0.3) is 0 Å². The van der Waals surface area contributed by atoms with Gasteiger partial charge in [0, 0.05) is 6.42 Å². The molecule has 0 spiro atoms. The zero-order valence-electron chi connectivity index (χ0n) is 8.60. The summed E-state index contributed by atoms with van der Waals surface area (Å²) >= 11 is 0. The Hall–Kier alpha value is -0.790. The molecule has 0 N–H and O–H groups in total. The highest BCUT2D eigenvalue weighted by Gasteiger charge is 2.06. The maximum atomic E-state index is 5.23. The van der Waals surface area contributed by atoms with Gasteiger partial charge in [0.25, 0.3) is 6.39 Å². The fourth-order valence-electron chi connectivity index (χ4n) is 1.42. The lowest BCUT2D eigenvalue weighted by molar-refractivity contribution is 0.481. The van der Waals surface area contributed by atoms with Crippen molar-refractivity contribution >= 4 is 0 Å². The summed E-state index contributed by atoms with van der Waals surface area (Å²) in [4.78, 5) is 4.09. The quantitative estimate of drug-likeness (QED) is 0.628. The molecule has 0 bridgehead atoms. The molecule has 73 valence electrons. The van der Waals surface area contributed by atoms with Crippen LogP contribution in [0.4, 0.5) is 0 Å². The van der Waals surface area contributed by atoms with Gasteiger partial charge in [-0.1, -0.05) is 33.1 Å². The Morgan fingerprint density at radius 2 is 2.00 bits per heavy atom. The second-order valence-electron chi connectivity index (χ2n) is 3.38. The number of hydrogen-bond donors (Lipinski definition) is 0. The number of rotatable bonds is 6. The topological polar surface area (TPSA) is 26.0 Å². The van der Waals surface area contributed by atoms with Crippen LogP contribution >= 0.6 is 0 Å². The van der Waals surface area contributed by atoms with Crippen LogP contribution in [-0.2, 0) is 12.8 Å². The first kappa shape index (κ1) is 10.3. The summed E-state index contributed by atoms with van der Waals surface area (Å²) in [5.41, 5.74) is 1.11. The van der Waals surface area contributed by atoms with Gasteiger partial charge in [-0.2, -0.15) is 0 Å². The predicted octanol–water partition coefficient (Wildman–Crippen LogP) is 3.16. The van der Waals surface area contributed by atoms with Crippen LogP contribution in [0, 0.1) is 6.39 Å². The second kappa shape index (κ2) is 5.79. The normalized spacial score (nSPS) is 10.6. The van der Waals surface area contributed by atoms with Crippen molar-refractivity contribution in [3.8, 4) is 0 Å². The van der Waals surface area contributed by atoms with Gasteiger partial charge < -0.3 is 4.42 Å². The van der Waals surface area contributed by atoms with E-state index in [4.69, 9.17) is 4.42 Å². The third-order valence-corrected chi connectivity index (χ3v) is 2.17. The van der Waals surface area contributed by atoms with E-state index in [0.29, 0.717) is 0 Å². The summed E-state index contributed by atoms with van der Waals surface area (Å²) in [5.74, 6) is 1.05. The minimum absolute atomic E-state index is 1.02. The minimum Gasteiger partial charge on any atom is -0.437 e. The van der Waals surface area contributed by atoms with E-state index in [9.17, 15) is 0 Å². The summed E-state index contributed by atoms with van der Waals surface area (Å²) < 4.78 is 5.23. The van der Waals surface area contributed by atoms with Crippen LogP contribution < -0.4 is 0 Å². The highest BCUT2D eigenvalue weighted by Crippen LogP contribution is 2.12. The van der Waals surface area contributed by atoms with E-state index in [1.165, 1.54) is 19.3 Å².